The molecule has 0 saturated carbocycles. The zero-order valence-electron chi connectivity index (χ0n) is 6.74. The van der Waals surface area contributed by atoms with Crippen molar-refractivity contribution in [2.24, 2.45) is 0 Å². The number of rotatable bonds is 2. The highest BCUT2D eigenvalue weighted by Gasteiger charge is 2.03. The molecule has 1 aromatic heterocycles. The van der Waals surface area contributed by atoms with Crippen molar-refractivity contribution in [2.75, 3.05) is 5.32 Å². The molecule has 14 heavy (non-hydrogen) atoms. The molecule has 72 valence electrons. The van der Waals surface area contributed by atoms with E-state index in [0.29, 0.717) is 20.9 Å². The Hall–Kier alpha value is -0.910. The van der Waals surface area contributed by atoms with E-state index < -0.39 is 0 Å². The molecule has 0 saturated heterocycles. The molecule has 0 aliphatic carbocycles. The van der Waals surface area contributed by atoms with Crippen LogP contribution in [0.4, 0.5) is 10.8 Å². The molecule has 0 radical (unpaired) electrons. The molecule has 1 heterocycles. The van der Waals surface area contributed by atoms with E-state index >= 15 is 0 Å². The van der Waals surface area contributed by atoms with Crippen LogP contribution < -0.4 is 5.32 Å². The first-order chi connectivity index (χ1) is 6.75. The molecule has 0 amide bonds. The van der Waals surface area contributed by atoms with Crippen LogP contribution in [-0.4, -0.2) is 14.8 Å². The number of nitrogens with one attached hydrogen (secondary N) is 1. The predicted molar refractivity (Wildman–Crippen MR) is 57.4 cm³/mol. The maximum absolute atomic E-state index is 5.93. The van der Waals surface area contributed by atoms with Crippen LogP contribution in [0, 0.1) is 0 Å². The zero-order chi connectivity index (χ0) is 9.97. The van der Waals surface area contributed by atoms with Crippen LogP contribution in [0.5, 0.6) is 0 Å². The summed E-state index contributed by atoms with van der Waals surface area (Å²) in [6, 6.07) is 5.14. The van der Waals surface area contributed by atoms with Gasteiger partial charge in [0.2, 0.25) is 5.13 Å². The highest BCUT2D eigenvalue weighted by molar-refractivity contribution is 7.09. The molecule has 2 rings (SSSR count). The highest BCUT2D eigenvalue weighted by Crippen LogP contribution is 2.28. The molecule has 0 unspecified atom stereocenters. The summed E-state index contributed by atoms with van der Waals surface area (Å²) in [4.78, 5) is 0. The predicted octanol–water partition coefficient (Wildman–Crippen LogP) is 2.98. The maximum Gasteiger partial charge on any atom is 0.229 e. The van der Waals surface area contributed by atoms with Crippen molar-refractivity contribution in [3.05, 3.63) is 28.2 Å². The Kier molecular flexibility index (Phi) is 2.81. The van der Waals surface area contributed by atoms with Gasteiger partial charge in [-0.1, -0.05) is 32.8 Å². The number of anilines is 2. The van der Waals surface area contributed by atoms with E-state index in [2.05, 4.69) is 20.1 Å². The van der Waals surface area contributed by atoms with Crippen LogP contribution >= 0.6 is 34.7 Å². The molecule has 0 bridgehead atoms. The first kappa shape index (κ1) is 9.64. The van der Waals surface area contributed by atoms with E-state index in [-0.39, 0.29) is 0 Å². The van der Waals surface area contributed by atoms with Gasteiger partial charge >= 0.3 is 0 Å². The third-order valence-corrected chi connectivity index (χ3v) is 2.55. The van der Waals surface area contributed by atoms with Gasteiger partial charge in [-0.05, 0) is 23.4 Å². The van der Waals surface area contributed by atoms with E-state index in [1.807, 2.05) is 0 Å². The lowest BCUT2D eigenvalue weighted by Crippen LogP contribution is -1.90. The monoisotopic (exact) mass is 246 g/mol. The molecular weight excluding hydrogens is 243 g/mol. The van der Waals surface area contributed by atoms with Crippen LogP contribution in [0.2, 0.25) is 10.0 Å². The molecule has 0 spiro atoms. The van der Waals surface area contributed by atoms with Crippen molar-refractivity contribution in [1.82, 2.24) is 14.8 Å². The largest absolute Gasteiger partial charge is 0.328 e. The van der Waals surface area contributed by atoms with Crippen LogP contribution in [-0.2, 0) is 0 Å². The fourth-order valence-electron chi connectivity index (χ4n) is 0.890. The molecule has 0 atom stereocenters. The fourth-order valence-corrected chi connectivity index (χ4v) is 1.61. The maximum atomic E-state index is 5.93. The Morgan fingerprint density at radius 3 is 2.86 bits per heavy atom. The molecule has 7 heteroatoms. The second-order valence-corrected chi connectivity index (χ2v) is 3.99. The topological polar surface area (TPSA) is 50.7 Å². The zero-order valence-corrected chi connectivity index (χ0v) is 9.07. The summed E-state index contributed by atoms with van der Waals surface area (Å²) >= 11 is 12.9. The lowest BCUT2D eigenvalue weighted by molar-refractivity contribution is 0.961. The van der Waals surface area contributed by atoms with E-state index in [9.17, 15) is 0 Å². The Labute approximate surface area is 94.0 Å². The van der Waals surface area contributed by atoms with E-state index in [0.717, 1.165) is 11.5 Å². The van der Waals surface area contributed by atoms with Crippen LogP contribution in [0.15, 0.2) is 18.2 Å². The van der Waals surface area contributed by atoms with E-state index in [1.54, 1.807) is 18.2 Å². The van der Waals surface area contributed by atoms with Crippen molar-refractivity contribution < 1.29 is 0 Å². The van der Waals surface area contributed by atoms with Gasteiger partial charge in [0.1, 0.15) is 0 Å². The number of aromatic nitrogens is 3. The molecule has 0 aliphatic heterocycles. The summed E-state index contributed by atoms with van der Waals surface area (Å²) in [5.74, 6) is 0. The Balaban J connectivity index is 2.28. The SMILES string of the molecule is Clc1ccc(Cl)c(Nc2nnns2)c1. The van der Waals surface area contributed by atoms with Gasteiger partial charge in [-0.25, -0.2) is 0 Å². The summed E-state index contributed by atoms with van der Waals surface area (Å²) in [6.45, 7) is 0. The first-order valence-corrected chi connectivity index (χ1v) is 5.16. The molecule has 1 aromatic carbocycles. The van der Waals surface area contributed by atoms with Crippen molar-refractivity contribution in [1.29, 1.82) is 0 Å². The first-order valence-electron chi connectivity index (χ1n) is 3.63. The Bertz CT molecular complexity index is 431. The number of hydrogen-bond acceptors (Lipinski definition) is 5. The summed E-state index contributed by atoms with van der Waals surface area (Å²) in [6.07, 6.45) is 0. The summed E-state index contributed by atoms with van der Waals surface area (Å²) in [5.41, 5.74) is 0.692. The molecule has 0 fully saturated rings. The van der Waals surface area contributed by atoms with Gasteiger partial charge in [-0.15, -0.1) is 0 Å². The quantitative estimate of drug-likeness (QED) is 0.886. The van der Waals surface area contributed by atoms with Crippen molar-refractivity contribution in [3.63, 3.8) is 0 Å². The van der Waals surface area contributed by atoms with Gasteiger partial charge in [0.15, 0.2) is 0 Å². The van der Waals surface area contributed by atoms with Crippen molar-refractivity contribution in [2.45, 2.75) is 0 Å². The van der Waals surface area contributed by atoms with E-state index in [4.69, 9.17) is 23.2 Å². The van der Waals surface area contributed by atoms with Gasteiger partial charge in [0, 0.05) is 16.6 Å². The number of hydrogen-bond donors (Lipinski definition) is 1. The Morgan fingerprint density at radius 2 is 2.14 bits per heavy atom. The van der Waals surface area contributed by atoms with Crippen LogP contribution in [0.3, 0.4) is 0 Å². The van der Waals surface area contributed by atoms with Gasteiger partial charge in [-0.3, -0.25) is 0 Å². The van der Waals surface area contributed by atoms with Crippen LogP contribution in [0.25, 0.3) is 0 Å². The second kappa shape index (κ2) is 4.08. The van der Waals surface area contributed by atoms with Crippen molar-refractivity contribution >= 4 is 45.6 Å². The van der Waals surface area contributed by atoms with Gasteiger partial charge in [-0.2, -0.15) is 0 Å². The number of halogens is 2. The summed E-state index contributed by atoms with van der Waals surface area (Å²) in [5, 5.41) is 11.9. The molecule has 4 nitrogen and oxygen atoms in total. The van der Waals surface area contributed by atoms with Crippen LogP contribution in [0.1, 0.15) is 0 Å². The highest BCUT2D eigenvalue weighted by atomic mass is 35.5. The molecule has 0 aliphatic rings. The summed E-state index contributed by atoms with van der Waals surface area (Å²) in [7, 11) is 0. The lowest BCUT2D eigenvalue weighted by Gasteiger charge is -2.03. The third kappa shape index (κ3) is 2.12. The van der Waals surface area contributed by atoms with Gasteiger partial charge < -0.3 is 5.32 Å². The minimum atomic E-state index is 0.574. The standard InChI is InChI=1S/C7H4Cl2N4S/c8-4-1-2-5(9)6(3-4)10-7-11-12-13-14-7/h1-3H,(H,10,11,13). The second-order valence-electron chi connectivity index (χ2n) is 2.42. The van der Waals surface area contributed by atoms with Gasteiger partial charge in [0.05, 0.1) is 10.7 Å². The average molecular weight is 247 g/mol. The Morgan fingerprint density at radius 1 is 1.29 bits per heavy atom. The van der Waals surface area contributed by atoms with Gasteiger partial charge in [0.25, 0.3) is 0 Å². The average Bonchev–Trinajstić information content (AvgIpc) is 2.64. The summed E-state index contributed by atoms with van der Waals surface area (Å²) < 4.78 is 3.61. The minimum Gasteiger partial charge on any atom is -0.328 e. The van der Waals surface area contributed by atoms with Crippen molar-refractivity contribution in [3.8, 4) is 0 Å². The number of benzene rings is 1. The fraction of sp³-hybridized carbons (Fsp3) is 0. The smallest absolute Gasteiger partial charge is 0.229 e. The molecule has 1 N–H and O–H groups in total. The third-order valence-electron chi connectivity index (χ3n) is 1.47. The minimum absolute atomic E-state index is 0.574. The lowest BCUT2D eigenvalue weighted by atomic mass is 10.3. The van der Waals surface area contributed by atoms with E-state index in [1.165, 1.54) is 0 Å². The normalized spacial score (nSPS) is 10.1. The molecular formula is C7H4Cl2N4S. The molecule has 2 aromatic rings. The number of nitrogens with zero attached hydrogens (tertiary/aromatic N) is 3.